The molecule has 0 spiro atoms. The molecule has 0 radical (unpaired) electrons. The molecule has 154 valence electrons. The Hall–Kier alpha value is -3.61. The van der Waals surface area contributed by atoms with Crippen LogP contribution in [0.2, 0.25) is 0 Å². The standard InChI is InChI=1S/C24H22N6O/c1-13-3-8-20(29-28-13)19-10-7-17(14(2)27-19)23-22(15-4-5-15)24(31)30(23)16-6-9-18-21(11-16)26-12-25-18/h3,6-12,15,22-23H,4-5H2,1-2H3,(H,25,26)/t22?,23-/m1/s1. The Kier molecular flexibility index (Phi) is 3.93. The number of benzene rings is 1. The fourth-order valence-electron chi connectivity index (χ4n) is 4.68. The highest BCUT2D eigenvalue weighted by Crippen LogP contribution is 2.54. The summed E-state index contributed by atoms with van der Waals surface area (Å²) in [6.07, 6.45) is 3.93. The van der Waals surface area contributed by atoms with Gasteiger partial charge in [-0.25, -0.2) is 4.98 Å². The van der Waals surface area contributed by atoms with Crippen molar-refractivity contribution in [3.8, 4) is 11.4 Å². The number of nitrogens with one attached hydrogen (secondary N) is 1. The molecule has 0 bridgehead atoms. The monoisotopic (exact) mass is 410 g/mol. The minimum Gasteiger partial charge on any atom is -0.345 e. The maximum Gasteiger partial charge on any atom is 0.233 e. The van der Waals surface area contributed by atoms with E-state index >= 15 is 0 Å². The topological polar surface area (TPSA) is 87.7 Å². The van der Waals surface area contributed by atoms with Crippen LogP contribution in [0.5, 0.6) is 0 Å². The summed E-state index contributed by atoms with van der Waals surface area (Å²) in [6, 6.07) is 13.9. The Morgan fingerprint density at radius 1 is 1.00 bits per heavy atom. The van der Waals surface area contributed by atoms with Crippen LogP contribution in [0.3, 0.4) is 0 Å². The molecule has 1 aromatic carbocycles. The maximum absolute atomic E-state index is 13.2. The second-order valence-corrected chi connectivity index (χ2v) is 8.55. The fourth-order valence-corrected chi connectivity index (χ4v) is 4.68. The van der Waals surface area contributed by atoms with Crippen molar-refractivity contribution in [2.45, 2.75) is 32.7 Å². The number of pyridine rings is 1. The number of nitrogens with zero attached hydrogens (tertiary/aromatic N) is 5. The van der Waals surface area contributed by atoms with E-state index in [-0.39, 0.29) is 17.9 Å². The van der Waals surface area contributed by atoms with Gasteiger partial charge in [0.2, 0.25) is 5.91 Å². The van der Waals surface area contributed by atoms with Gasteiger partial charge in [0.1, 0.15) is 5.69 Å². The maximum atomic E-state index is 13.2. The third-order valence-corrected chi connectivity index (χ3v) is 6.46. The van der Waals surface area contributed by atoms with E-state index in [0.29, 0.717) is 5.92 Å². The van der Waals surface area contributed by atoms with Crippen LogP contribution in [0.4, 0.5) is 5.69 Å². The van der Waals surface area contributed by atoms with Gasteiger partial charge in [0.25, 0.3) is 0 Å². The highest BCUT2D eigenvalue weighted by Gasteiger charge is 2.55. The third-order valence-electron chi connectivity index (χ3n) is 6.46. The minimum atomic E-state index is 0.00189. The van der Waals surface area contributed by atoms with Crippen molar-refractivity contribution >= 4 is 22.6 Å². The first-order valence-corrected chi connectivity index (χ1v) is 10.6. The van der Waals surface area contributed by atoms with Crippen molar-refractivity contribution in [3.63, 3.8) is 0 Å². The lowest BCUT2D eigenvalue weighted by Crippen LogP contribution is -2.56. The van der Waals surface area contributed by atoms with Gasteiger partial charge in [-0.3, -0.25) is 9.78 Å². The van der Waals surface area contributed by atoms with Gasteiger partial charge in [0.15, 0.2) is 0 Å². The molecular weight excluding hydrogens is 388 g/mol. The Balaban J connectivity index is 1.39. The number of imidazole rings is 1. The van der Waals surface area contributed by atoms with Crippen LogP contribution in [-0.2, 0) is 4.79 Å². The second-order valence-electron chi connectivity index (χ2n) is 8.55. The summed E-state index contributed by atoms with van der Waals surface area (Å²) in [5.41, 5.74) is 7.17. The number of carbonyl (C=O) groups is 1. The minimum absolute atomic E-state index is 0.00189. The van der Waals surface area contributed by atoms with E-state index in [9.17, 15) is 4.79 Å². The van der Waals surface area contributed by atoms with Crippen LogP contribution >= 0.6 is 0 Å². The van der Waals surface area contributed by atoms with Crippen molar-refractivity contribution in [2.24, 2.45) is 11.8 Å². The van der Waals surface area contributed by atoms with Gasteiger partial charge in [0.05, 0.1) is 40.7 Å². The summed E-state index contributed by atoms with van der Waals surface area (Å²) in [4.78, 5) is 27.4. The molecule has 2 atom stereocenters. The first kappa shape index (κ1) is 18.2. The zero-order valence-electron chi connectivity index (χ0n) is 17.4. The van der Waals surface area contributed by atoms with Gasteiger partial charge >= 0.3 is 0 Å². The summed E-state index contributed by atoms with van der Waals surface area (Å²) < 4.78 is 0. The van der Waals surface area contributed by atoms with E-state index in [1.54, 1.807) is 6.33 Å². The predicted molar refractivity (Wildman–Crippen MR) is 117 cm³/mol. The summed E-state index contributed by atoms with van der Waals surface area (Å²) in [6.45, 7) is 3.93. The number of carbonyl (C=O) groups excluding carboxylic acids is 1. The molecule has 4 heterocycles. The summed E-state index contributed by atoms with van der Waals surface area (Å²) in [5.74, 6) is 0.709. The predicted octanol–water partition coefficient (Wildman–Crippen LogP) is 4.15. The molecule has 2 fully saturated rings. The van der Waals surface area contributed by atoms with Crippen LogP contribution in [0.15, 0.2) is 48.8 Å². The number of anilines is 1. The number of fused-ring (bicyclic) bond motifs is 1. The largest absolute Gasteiger partial charge is 0.345 e. The molecular formula is C24H22N6O. The average Bonchev–Trinajstić information content (AvgIpc) is 3.47. The zero-order valence-corrected chi connectivity index (χ0v) is 17.4. The molecule has 1 N–H and O–H groups in total. The Morgan fingerprint density at radius 2 is 1.84 bits per heavy atom. The molecule has 6 rings (SSSR count). The lowest BCUT2D eigenvalue weighted by Gasteiger charge is -2.48. The van der Waals surface area contributed by atoms with Crippen molar-refractivity contribution in [1.29, 1.82) is 0 Å². The Labute approximate surface area is 179 Å². The van der Waals surface area contributed by atoms with Gasteiger partial charge in [0, 0.05) is 11.4 Å². The quantitative estimate of drug-likeness (QED) is 0.511. The molecule has 7 nitrogen and oxygen atoms in total. The van der Waals surface area contributed by atoms with Gasteiger partial charge in [-0.15, -0.1) is 5.10 Å². The van der Waals surface area contributed by atoms with Gasteiger partial charge < -0.3 is 9.88 Å². The number of H-pyrrole nitrogens is 1. The second kappa shape index (κ2) is 6.70. The van der Waals surface area contributed by atoms with Crippen LogP contribution in [0.25, 0.3) is 22.4 Å². The molecule has 3 aromatic heterocycles. The van der Waals surface area contributed by atoms with Crippen molar-refractivity contribution in [2.75, 3.05) is 4.90 Å². The molecule has 1 saturated heterocycles. The molecule has 31 heavy (non-hydrogen) atoms. The zero-order chi connectivity index (χ0) is 21.1. The number of amides is 1. The average molecular weight is 410 g/mol. The van der Waals surface area contributed by atoms with Crippen LogP contribution in [0.1, 0.15) is 35.8 Å². The number of rotatable bonds is 4. The van der Waals surface area contributed by atoms with E-state index in [1.807, 2.05) is 55.1 Å². The number of aromatic nitrogens is 5. The first-order valence-electron chi connectivity index (χ1n) is 10.6. The first-order chi connectivity index (χ1) is 15.1. The van der Waals surface area contributed by atoms with E-state index in [0.717, 1.165) is 57.9 Å². The van der Waals surface area contributed by atoms with E-state index in [2.05, 4.69) is 26.2 Å². The van der Waals surface area contributed by atoms with Crippen molar-refractivity contribution in [3.05, 3.63) is 65.7 Å². The van der Waals surface area contributed by atoms with Gasteiger partial charge in [-0.2, -0.15) is 5.10 Å². The lowest BCUT2D eigenvalue weighted by molar-refractivity contribution is -0.131. The molecule has 4 aromatic rings. The number of hydrogen-bond acceptors (Lipinski definition) is 5. The Bertz CT molecular complexity index is 1310. The highest BCUT2D eigenvalue weighted by molar-refractivity contribution is 6.04. The molecule has 1 unspecified atom stereocenters. The molecule has 7 heteroatoms. The van der Waals surface area contributed by atoms with Crippen LogP contribution < -0.4 is 4.90 Å². The number of β-lactam (4-membered cyclic amide) rings is 1. The lowest BCUT2D eigenvalue weighted by atomic mass is 9.78. The molecule has 2 aliphatic rings. The summed E-state index contributed by atoms with van der Waals surface area (Å²) >= 11 is 0. The SMILES string of the molecule is Cc1ccc(-c2ccc([C@@H]3C(C4CC4)C(=O)N3c3ccc4[nH]cnc4c3)c(C)n2)nn1. The van der Waals surface area contributed by atoms with Crippen molar-refractivity contribution < 1.29 is 4.79 Å². The van der Waals surface area contributed by atoms with E-state index in [4.69, 9.17) is 4.98 Å². The van der Waals surface area contributed by atoms with Gasteiger partial charge in [-0.1, -0.05) is 6.07 Å². The van der Waals surface area contributed by atoms with Crippen LogP contribution in [0, 0.1) is 25.7 Å². The molecule has 1 saturated carbocycles. The van der Waals surface area contributed by atoms with Gasteiger partial charge in [-0.05, 0) is 74.6 Å². The fraction of sp³-hybridized carbons (Fsp3) is 0.292. The molecule has 1 aliphatic heterocycles. The number of aromatic amines is 1. The third kappa shape index (κ3) is 2.91. The normalized spacial score (nSPS) is 20.8. The number of hydrogen-bond donors (Lipinski definition) is 1. The smallest absolute Gasteiger partial charge is 0.233 e. The number of aryl methyl sites for hydroxylation is 2. The van der Waals surface area contributed by atoms with E-state index in [1.165, 1.54) is 0 Å². The summed E-state index contributed by atoms with van der Waals surface area (Å²) in [7, 11) is 0. The summed E-state index contributed by atoms with van der Waals surface area (Å²) in [5, 5.41) is 8.41. The van der Waals surface area contributed by atoms with E-state index < -0.39 is 0 Å². The Morgan fingerprint density at radius 3 is 2.58 bits per heavy atom. The molecule has 1 amide bonds. The van der Waals surface area contributed by atoms with Crippen molar-refractivity contribution in [1.82, 2.24) is 25.1 Å². The highest BCUT2D eigenvalue weighted by atomic mass is 16.2. The van der Waals surface area contributed by atoms with Crippen LogP contribution in [-0.4, -0.2) is 31.1 Å². The molecule has 1 aliphatic carbocycles.